The Morgan fingerprint density at radius 3 is 2.13 bits per heavy atom. The summed E-state index contributed by atoms with van der Waals surface area (Å²) in [7, 11) is 2.20. The van der Waals surface area contributed by atoms with Crippen LogP contribution in [0.15, 0.2) is 102 Å². The highest BCUT2D eigenvalue weighted by Crippen LogP contribution is 2.46. The molecule has 0 fully saturated rings. The second kappa shape index (κ2) is 11.2. The average Bonchev–Trinajstić information content (AvgIpc) is 2.96. The van der Waals surface area contributed by atoms with Crippen LogP contribution in [0.1, 0.15) is 11.5 Å². The number of carbonyl (C=O) groups excluding carboxylic acids is 2. The van der Waals surface area contributed by atoms with Crippen LogP contribution in [0.5, 0.6) is 11.5 Å². The summed E-state index contributed by atoms with van der Waals surface area (Å²) >= 11 is 0. The van der Waals surface area contributed by atoms with Gasteiger partial charge in [-0.1, -0.05) is 48.5 Å². The van der Waals surface area contributed by atoms with Gasteiger partial charge in [-0.3, -0.25) is 15.0 Å². The van der Waals surface area contributed by atoms with Crippen LogP contribution in [0.4, 0.5) is 11.4 Å². The number of anilines is 1. The standard InChI is InChI=1S/C28H22N4O7/c1-37-27(33)24-23(17-9-5-3-6-10-17)20(16-29)26(30)31(25(24)28(34)38-2)21-14-13-19(15-22(21)32(35)36)39-18-11-7-4-8-12-18/h3-15,23H,30H2,1-2H3. The highest BCUT2D eigenvalue weighted by Gasteiger charge is 2.44. The molecule has 2 N–H and O–H groups in total. The molecule has 3 aromatic rings. The fraction of sp³-hybridized carbons (Fsp3) is 0.107. The number of methoxy groups -OCH3 is 2. The summed E-state index contributed by atoms with van der Waals surface area (Å²) in [6, 6.07) is 22.9. The lowest BCUT2D eigenvalue weighted by Gasteiger charge is -2.35. The fourth-order valence-electron chi connectivity index (χ4n) is 4.29. The number of nitrogens with two attached hydrogens (primary N) is 1. The number of hydrogen-bond donors (Lipinski definition) is 1. The monoisotopic (exact) mass is 526 g/mol. The maximum absolute atomic E-state index is 13.2. The molecule has 3 aromatic carbocycles. The van der Waals surface area contributed by atoms with Crippen LogP contribution in [-0.2, 0) is 19.1 Å². The first kappa shape index (κ1) is 26.4. The summed E-state index contributed by atoms with van der Waals surface area (Å²) in [6.45, 7) is 0. The van der Waals surface area contributed by atoms with E-state index in [4.69, 9.17) is 19.9 Å². The van der Waals surface area contributed by atoms with Crippen molar-refractivity contribution in [3.63, 3.8) is 0 Å². The van der Waals surface area contributed by atoms with Crippen molar-refractivity contribution in [2.75, 3.05) is 19.1 Å². The summed E-state index contributed by atoms with van der Waals surface area (Å²) < 4.78 is 15.7. The van der Waals surface area contributed by atoms with E-state index in [1.807, 2.05) is 6.07 Å². The van der Waals surface area contributed by atoms with Gasteiger partial charge in [0.2, 0.25) is 0 Å². The molecular weight excluding hydrogens is 504 g/mol. The molecule has 0 amide bonds. The molecule has 4 rings (SSSR count). The van der Waals surface area contributed by atoms with Crippen LogP contribution >= 0.6 is 0 Å². The highest BCUT2D eigenvalue weighted by atomic mass is 16.6. The van der Waals surface area contributed by atoms with Crippen LogP contribution in [0.2, 0.25) is 0 Å². The van der Waals surface area contributed by atoms with Crippen molar-refractivity contribution in [3.8, 4) is 17.6 Å². The Hall–Kier alpha value is -5.63. The summed E-state index contributed by atoms with van der Waals surface area (Å²) in [4.78, 5) is 38.9. The Bertz CT molecular complexity index is 1540. The number of nitriles is 1. The first-order valence-electron chi connectivity index (χ1n) is 11.5. The zero-order valence-corrected chi connectivity index (χ0v) is 20.9. The van der Waals surface area contributed by atoms with Gasteiger partial charge < -0.3 is 19.9 Å². The Morgan fingerprint density at radius 1 is 0.949 bits per heavy atom. The molecule has 1 atom stereocenters. The third-order valence-electron chi connectivity index (χ3n) is 5.97. The van der Waals surface area contributed by atoms with E-state index in [0.717, 1.165) is 25.2 Å². The van der Waals surface area contributed by atoms with Crippen molar-refractivity contribution in [3.05, 3.63) is 117 Å². The van der Waals surface area contributed by atoms with Gasteiger partial charge in [0.25, 0.3) is 5.69 Å². The van der Waals surface area contributed by atoms with E-state index in [-0.39, 0.29) is 28.4 Å². The summed E-state index contributed by atoms with van der Waals surface area (Å²) in [5.41, 5.74) is 5.41. The molecule has 0 saturated heterocycles. The number of rotatable bonds is 7. The van der Waals surface area contributed by atoms with E-state index in [1.54, 1.807) is 60.7 Å². The molecule has 0 radical (unpaired) electrons. The minimum atomic E-state index is -1.10. The van der Waals surface area contributed by atoms with Crippen molar-refractivity contribution in [2.45, 2.75) is 5.92 Å². The molecule has 1 aliphatic rings. The van der Waals surface area contributed by atoms with Gasteiger partial charge in [-0.05, 0) is 29.8 Å². The van der Waals surface area contributed by atoms with Gasteiger partial charge in [-0.25, -0.2) is 9.59 Å². The topological polar surface area (TPSA) is 158 Å². The Morgan fingerprint density at radius 2 is 1.56 bits per heavy atom. The molecule has 1 aliphatic heterocycles. The molecule has 0 bridgehead atoms. The minimum Gasteiger partial charge on any atom is -0.466 e. The fourth-order valence-corrected chi connectivity index (χ4v) is 4.29. The van der Waals surface area contributed by atoms with E-state index < -0.39 is 34.2 Å². The predicted molar refractivity (Wildman–Crippen MR) is 139 cm³/mol. The minimum absolute atomic E-state index is 0.117. The normalized spacial score (nSPS) is 14.9. The summed E-state index contributed by atoms with van der Waals surface area (Å²) in [6.07, 6.45) is 0. The molecule has 1 heterocycles. The number of nitrogens with zero attached hydrogens (tertiary/aromatic N) is 3. The van der Waals surface area contributed by atoms with Crippen molar-refractivity contribution >= 4 is 23.3 Å². The number of allylic oxidation sites excluding steroid dienone is 1. The molecule has 1 unspecified atom stereocenters. The SMILES string of the molecule is COC(=O)C1=C(C(=O)OC)N(c2ccc(Oc3ccccc3)cc2[N+](=O)[O-])C(N)=C(C#N)C1c1ccccc1. The number of carbonyl (C=O) groups is 2. The van der Waals surface area contributed by atoms with Gasteiger partial charge >= 0.3 is 11.9 Å². The van der Waals surface area contributed by atoms with Gasteiger partial charge in [0.05, 0.1) is 48.3 Å². The molecule has 0 aromatic heterocycles. The third-order valence-corrected chi connectivity index (χ3v) is 5.97. The van der Waals surface area contributed by atoms with Gasteiger partial charge in [0, 0.05) is 0 Å². The lowest BCUT2D eigenvalue weighted by atomic mass is 9.81. The van der Waals surface area contributed by atoms with Crippen LogP contribution < -0.4 is 15.4 Å². The Labute approximate surface area is 223 Å². The highest BCUT2D eigenvalue weighted by molar-refractivity contribution is 6.06. The van der Waals surface area contributed by atoms with Crippen molar-refractivity contribution < 1.29 is 28.7 Å². The van der Waals surface area contributed by atoms with Crippen LogP contribution in [0, 0.1) is 21.4 Å². The number of ether oxygens (including phenoxy) is 3. The largest absolute Gasteiger partial charge is 0.466 e. The van der Waals surface area contributed by atoms with Crippen LogP contribution in [0.25, 0.3) is 0 Å². The molecule has 0 spiro atoms. The summed E-state index contributed by atoms with van der Waals surface area (Å²) in [5.74, 6) is -2.78. The van der Waals surface area contributed by atoms with E-state index in [9.17, 15) is 25.0 Å². The van der Waals surface area contributed by atoms with Crippen molar-refractivity contribution in [2.24, 2.45) is 5.73 Å². The second-order valence-electron chi connectivity index (χ2n) is 8.16. The Kier molecular flexibility index (Phi) is 7.58. The van der Waals surface area contributed by atoms with Gasteiger partial charge in [0.15, 0.2) is 0 Å². The lowest BCUT2D eigenvalue weighted by molar-refractivity contribution is -0.384. The first-order chi connectivity index (χ1) is 18.8. The molecule has 11 heteroatoms. The van der Waals surface area contributed by atoms with Crippen molar-refractivity contribution in [1.82, 2.24) is 0 Å². The van der Waals surface area contributed by atoms with Crippen LogP contribution in [-0.4, -0.2) is 31.1 Å². The van der Waals surface area contributed by atoms with E-state index >= 15 is 0 Å². The lowest BCUT2D eigenvalue weighted by Crippen LogP contribution is -2.41. The number of nitro groups is 1. The molecule has 0 aliphatic carbocycles. The zero-order valence-electron chi connectivity index (χ0n) is 20.9. The smallest absolute Gasteiger partial charge is 0.355 e. The molecule has 11 nitrogen and oxygen atoms in total. The number of benzene rings is 3. The van der Waals surface area contributed by atoms with Gasteiger partial charge in [0.1, 0.15) is 28.7 Å². The second-order valence-corrected chi connectivity index (χ2v) is 8.16. The van der Waals surface area contributed by atoms with E-state index in [2.05, 4.69) is 0 Å². The van der Waals surface area contributed by atoms with E-state index in [1.165, 1.54) is 12.1 Å². The van der Waals surface area contributed by atoms with Gasteiger partial charge in [-0.15, -0.1) is 0 Å². The zero-order chi connectivity index (χ0) is 28.1. The maximum atomic E-state index is 13.2. The average molecular weight is 527 g/mol. The number of esters is 2. The van der Waals surface area contributed by atoms with E-state index in [0.29, 0.717) is 11.3 Å². The molecule has 0 saturated carbocycles. The quantitative estimate of drug-likeness (QED) is 0.267. The van der Waals surface area contributed by atoms with Crippen LogP contribution in [0.3, 0.4) is 0 Å². The molecule has 39 heavy (non-hydrogen) atoms. The van der Waals surface area contributed by atoms with Crippen molar-refractivity contribution in [1.29, 1.82) is 5.26 Å². The number of para-hydroxylation sites is 1. The molecular formula is C28H22N4O7. The number of nitro benzene ring substituents is 1. The number of hydrogen-bond acceptors (Lipinski definition) is 10. The Balaban J connectivity index is 2.00. The maximum Gasteiger partial charge on any atom is 0.355 e. The first-order valence-corrected chi connectivity index (χ1v) is 11.5. The third kappa shape index (κ3) is 4.99. The predicted octanol–water partition coefficient (Wildman–Crippen LogP) is 4.28. The molecule has 196 valence electrons. The van der Waals surface area contributed by atoms with Gasteiger partial charge in [-0.2, -0.15) is 5.26 Å². The summed E-state index contributed by atoms with van der Waals surface area (Å²) in [5, 5.41) is 22.3.